The van der Waals surface area contributed by atoms with Crippen LogP contribution >= 0.6 is 11.6 Å². The molecule has 1 atom stereocenters. The average molecular weight is 287 g/mol. The molecule has 0 aliphatic carbocycles. The number of carbonyl (C=O) groups excluding carboxylic acids is 1. The van der Waals surface area contributed by atoms with Gasteiger partial charge in [0.2, 0.25) is 0 Å². The number of azide groups is 1. The van der Waals surface area contributed by atoms with Crippen molar-refractivity contribution in [1.82, 2.24) is 5.32 Å². The quantitative estimate of drug-likeness (QED) is 0.287. The molecule has 1 N–H and O–H groups in total. The lowest BCUT2D eigenvalue weighted by atomic mass is 10.1. The van der Waals surface area contributed by atoms with Gasteiger partial charge in [-0.15, -0.1) is 0 Å². The normalized spacial score (nSPS) is 11.5. The monoisotopic (exact) mass is 286 g/mol. The van der Waals surface area contributed by atoms with Crippen molar-refractivity contribution in [3.8, 4) is 0 Å². The highest BCUT2D eigenvalue weighted by Crippen LogP contribution is 2.22. The Morgan fingerprint density at radius 2 is 2.42 bits per heavy atom. The van der Waals surface area contributed by atoms with E-state index in [1.165, 1.54) is 25.3 Å². The number of esters is 1. The van der Waals surface area contributed by atoms with Crippen LogP contribution in [0, 0.1) is 5.82 Å². The minimum atomic E-state index is -1.00. The molecule has 0 saturated carbocycles. The first-order chi connectivity index (χ1) is 9.10. The van der Waals surface area contributed by atoms with Gasteiger partial charge in [0.1, 0.15) is 11.9 Å². The second-order valence-electron chi connectivity index (χ2n) is 3.53. The van der Waals surface area contributed by atoms with Crippen LogP contribution < -0.4 is 5.32 Å². The summed E-state index contributed by atoms with van der Waals surface area (Å²) in [6, 6.07) is 2.90. The Bertz CT molecular complexity index is 505. The van der Waals surface area contributed by atoms with Crippen molar-refractivity contribution >= 4 is 17.6 Å². The zero-order chi connectivity index (χ0) is 14.3. The third-order valence-electron chi connectivity index (χ3n) is 2.33. The van der Waals surface area contributed by atoms with E-state index in [2.05, 4.69) is 20.1 Å². The van der Waals surface area contributed by atoms with Crippen molar-refractivity contribution in [2.45, 2.75) is 6.04 Å². The standard InChI is InChI=1S/C11H12ClFN4O2/c1-19-11(18)10(15-4-5-16-17-14)8-6-7(12)2-3-9(8)13/h2-3,6,10,15H,4-5H2,1H3. The van der Waals surface area contributed by atoms with Crippen molar-refractivity contribution in [3.63, 3.8) is 0 Å². The fourth-order valence-electron chi connectivity index (χ4n) is 1.48. The van der Waals surface area contributed by atoms with Gasteiger partial charge in [-0.2, -0.15) is 0 Å². The Morgan fingerprint density at radius 1 is 1.68 bits per heavy atom. The van der Waals surface area contributed by atoms with Gasteiger partial charge in [-0.1, -0.05) is 16.7 Å². The molecule has 0 bridgehead atoms. The van der Waals surface area contributed by atoms with Crippen molar-refractivity contribution in [2.75, 3.05) is 20.2 Å². The number of halogens is 2. The molecule has 0 spiro atoms. The third-order valence-corrected chi connectivity index (χ3v) is 2.56. The van der Waals surface area contributed by atoms with Crippen molar-refractivity contribution in [1.29, 1.82) is 0 Å². The van der Waals surface area contributed by atoms with Crippen LogP contribution in [0.1, 0.15) is 11.6 Å². The molecular weight excluding hydrogens is 275 g/mol. The first-order valence-corrected chi connectivity index (χ1v) is 5.75. The van der Waals surface area contributed by atoms with Crippen LogP contribution in [-0.4, -0.2) is 26.2 Å². The molecule has 0 fully saturated rings. The van der Waals surface area contributed by atoms with E-state index < -0.39 is 17.8 Å². The van der Waals surface area contributed by atoms with Crippen LogP contribution in [0.5, 0.6) is 0 Å². The molecule has 6 nitrogen and oxygen atoms in total. The summed E-state index contributed by atoms with van der Waals surface area (Å²) in [6.07, 6.45) is 0. The second kappa shape index (κ2) is 7.58. The van der Waals surface area contributed by atoms with Gasteiger partial charge in [-0.05, 0) is 23.7 Å². The molecule has 19 heavy (non-hydrogen) atoms. The van der Waals surface area contributed by atoms with Crippen molar-refractivity contribution in [3.05, 3.63) is 45.0 Å². The summed E-state index contributed by atoms with van der Waals surface area (Å²) < 4.78 is 18.3. The fourth-order valence-corrected chi connectivity index (χ4v) is 1.66. The van der Waals surface area contributed by atoms with Gasteiger partial charge in [-0.3, -0.25) is 0 Å². The molecule has 0 heterocycles. The van der Waals surface area contributed by atoms with E-state index in [-0.39, 0.29) is 18.7 Å². The van der Waals surface area contributed by atoms with Crippen LogP contribution in [-0.2, 0) is 9.53 Å². The fraction of sp³-hybridized carbons (Fsp3) is 0.364. The molecule has 1 aromatic carbocycles. The molecule has 0 aromatic heterocycles. The molecule has 102 valence electrons. The van der Waals surface area contributed by atoms with Gasteiger partial charge in [0, 0.05) is 28.6 Å². The summed E-state index contributed by atoms with van der Waals surface area (Å²) in [5.41, 5.74) is 8.23. The summed E-state index contributed by atoms with van der Waals surface area (Å²) in [7, 11) is 1.20. The molecule has 8 heteroatoms. The number of hydrogen-bond donors (Lipinski definition) is 1. The molecule has 1 unspecified atom stereocenters. The lowest BCUT2D eigenvalue weighted by Gasteiger charge is -2.17. The maximum absolute atomic E-state index is 13.7. The van der Waals surface area contributed by atoms with E-state index in [0.29, 0.717) is 5.02 Å². The van der Waals surface area contributed by atoms with E-state index in [4.69, 9.17) is 17.1 Å². The Kier molecular flexibility index (Phi) is 6.08. The minimum absolute atomic E-state index is 0.0836. The Balaban J connectivity index is 2.92. The van der Waals surface area contributed by atoms with E-state index in [9.17, 15) is 9.18 Å². The van der Waals surface area contributed by atoms with E-state index in [1.54, 1.807) is 0 Å². The largest absolute Gasteiger partial charge is 0.468 e. The number of benzene rings is 1. The molecular formula is C11H12ClFN4O2. The highest BCUT2D eigenvalue weighted by molar-refractivity contribution is 6.30. The van der Waals surface area contributed by atoms with Gasteiger partial charge >= 0.3 is 5.97 Å². The zero-order valence-corrected chi connectivity index (χ0v) is 10.9. The zero-order valence-electron chi connectivity index (χ0n) is 10.1. The van der Waals surface area contributed by atoms with Crippen LogP contribution in [0.2, 0.25) is 5.02 Å². The summed E-state index contributed by atoms with van der Waals surface area (Å²) in [6.45, 7) is 0.335. The van der Waals surface area contributed by atoms with E-state index >= 15 is 0 Å². The molecule has 0 aliphatic rings. The van der Waals surface area contributed by atoms with Gasteiger partial charge < -0.3 is 10.1 Å². The number of carbonyl (C=O) groups is 1. The maximum atomic E-state index is 13.7. The number of ether oxygens (including phenoxy) is 1. The first kappa shape index (κ1) is 15.2. The van der Waals surface area contributed by atoms with Crippen LogP contribution in [0.25, 0.3) is 10.4 Å². The Morgan fingerprint density at radius 3 is 3.05 bits per heavy atom. The Hall–Kier alpha value is -1.82. The molecule has 1 rings (SSSR count). The predicted molar refractivity (Wildman–Crippen MR) is 68.2 cm³/mol. The number of hydrogen-bond acceptors (Lipinski definition) is 4. The van der Waals surface area contributed by atoms with Crippen molar-refractivity contribution < 1.29 is 13.9 Å². The van der Waals surface area contributed by atoms with Gasteiger partial charge in [0.15, 0.2) is 0 Å². The number of nitrogens with zero attached hydrogens (tertiary/aromatic N) is 3. The van der Waals surface area contributed by atoms with E-state index in [0.717, 1.165) is 0 Å². The lowest BCUT2D eigenvalue weighted by molar-refractivity contribution is -0.143. The molecule has 0 amide bonds. The van der Waals surface area contributed by atoms with Crippen molar-refractivity contribution in [2.24, 2.45) is 5.11 Å². The predicted octanol–water partition coefficient (Wildman–Crippen LogP) is 2.59. The summed E-state index contributed by atoms with van der Waals surface area (Å²) in [5.74, 6) is -1.22. The van der Waals surface area contributed by atoms with E-state index in [1.807, 2.05) is 0 Å². The van der Waals surface area contributed by atoms with Gasteiger partial charge in [0.25, 0.3) is 0 Å². The summed E-state index contributed by atoms with van der Waals surface area (Å²) >= 11 is 5.78. The highest BCUT2D eigenvalue weighted by atomic mass is 35.5. The lowest BCUT2D eigenvalue weighted by Crippen LogP contribution is -2.32. The molecule has 0 saturated heterocycles. The summed E-state index contributed by atoms with van der Waals surface area (Å²) in [4.78, 5) is 14.2. The first-order valence-electron chi connectivity index (χ1n) is 5.37. The SMILES string of the molecule is COC(=O)C(NCCN=[N+]=[N-])c1cc(Cl)ccc1F. The Labute approximate surface area is 114 Å². The molecule has 1 aromatic rings. The third kappa shape index (κ3) is 4.40. The molecule has 0 radical (unpaired) electrons. The van der Waals surface area contributed by atoms with Crippen LogP contribution in [0.15, 0.2) is 23.3 Å². The number of nitrogens with one attached hydrogen (secondary N) is 1. The van der Waals surface area contributed by atoms with Crippen LogP contribution in [0.3, 0.4) is 0 Å². The smallest absolute Gasteiger partial charge is 0.327 e. The average Bonchev–Trinajstić information content (AvgIpc) is 2.41. The number of methoxy groups -OCH3 is 1. The van der Waals surface area contributed by atoms with Crippen LogP contribution in [0.4, 0.5) is 4.39 Å². The highest BCUT2D eigenvalue weighted by Gasteiger charge is 2.24. The topological polar surface area (TPSA) is 87.1 Å². The maximum Gasteiger partial charge on any atom is 0.327 e. The van der Waals surface area contributed by atoms with Gasteiger partial charge in [0.05, 0.1) is 7.11 Å². The second-order valence-corrected chi connectivity index (χ2v) is 3.97. The summed E-state index contributed by atoms with van der Waals surface area (Å²) in [5, 5.41) is 6.37. The number of rotatable bonds is 6. The molecule has 0 aliphatic heterocycles. The minimum Gasteiger partial charge on any atom is -0.468 e. The van der Waals surface area contributed by atoms with Gasteiger partial charge in [-0.25, -0.2) is 9.18 Å².